The summed E-state index contributed by atoms with van der Waals surface area (Å²) in [5.41, 5.74) is 1.04. The first-order valence-corrected chi connectivity index (χ1v) is 7.90. The van der Waals surface area contributed by atoms with E-state index in [0.717, 1.165) is 10.4 Å². The Labute approximate surface area is 132 Å². The average molecular weight is 312 g/mol. The summed E-state index contributed by atoms with van der Waals surface area (Å²) in [5, 5.41) is 13.3. The SMILES string of the molecule is O=C(Cc1cccs1)NC(Cn1nccn1)c1ccccc1. The van der Waals surface area contributed by atoms with Crippen LogP contribution >= 0.6 is 11.3 Å². The van der Waals surface area contributed by atoms with Crippen molar-refractivity contribution in [2.75, 3.05) is 0 Å². The van der Waals surface area contributed by atoms with Gasteiger partial charge in [-0.15, -0.1) is 11.3 Å². The van der Waals surface area contributed by atoms with Crippen LogP contribution in [-0.4, -0.2) is 20.9 Å². The van der Waals surface area contributed by atoms with Crippen LogP contribution in [-0.2, 0) is 17.8 Å². The van der Waals surface area contributed by atoms with E-state index in [9.17, 15) is 4.79 Å². The fraction of sp³-hybridized carbons (Fsp3) is 0.188. The molecule has 0 aliphatic rings. The Balaban J connectivity index is 1.72. The Morgan fingerprint density at radius 1 is 1.14 bits per heavy atom. The molecule has 0 saturated carbocycles. The van der Waals surface area contributed by atoms with Crippen molar-refractivity contribution in [2.45, 2.75) is 19.0 Å². The zero-order valence-corrected chi connectivity index (χ0v) is 12.7. The van der Waals surface area contributed by atoms with Gasteiger partial charge in [0.2, 0.25) is 5.91 Å². The van der Waals surface area contributed by atoms with Crippen molar-refractivity contribution in [1.29, 1.82) is 0 Å². The standard InChI is InChI=1S/C16H16N4OS/c21-16(11-14-7-4-10-22-14)19-15(12-20-17-8-9-18-20)13-5-2-1-3-6-13/h1-10,15H,11-12H2,(H,19,21). The fourth-order valence-electron chi connectivity index (χ4n) is 2.24. The molecule has 22 heavy (non-hydrogen) atoms. The quantitative estimate of drug-likeness (QED) is 0.760. The number of hydrogen-bond acceptors (Lipinski definition) is 4. The Bertz CT molecular complexity index is 695. The van der Waals surface area contributed by atoms with Gasteiger partial charge in [-0.1, -0.05) is 36.4 Å². The predicted octanol–water partition coefficient (Wildman–Crippen LogP) is 2.44. The fourth-order valence-corrected chi connectivity index (χ4v) is 2.94. The highest BCUT2D eigenvalue weighted by atomic mass is 32.1. The van der Waals surface area contributed by atoms with Gasteiger partial charge < -0.3 is 5.32 Å². The van der Waals surface area contributed by atoms with Crippen molar-refractivity contribution in [2.24, 2.45) is 0 Å². The number of carbonyl (C=O) groups is 1. The maximum atomic E-state index is 12.3. The molecule has 2 aromatic heterocycles. The summed E-state index contributed by atoms with van der Waals surface area (Å²) in [6.07, 6.45) is 3.67. The van der Waals surface area contributed by atoms with E-state index in [1.165, 1.54) is 0 Å². The van der Waals surface area contributed by atoms with Crippen LogP contribution in [0.15, 0.2) is 60.2 Å². The number of nitrogens with one attached hydrogen (secondary N) is 1. The van der Waals surface area contributed by atoms with Crippen molar-refractivity contribution in [1.82, 2.24) is 20.3 Å². The third-order valence-corrected chi connectivity index (χ3v) is 4.14. The van der Waals surface area contributed by atoms with Crippen LogP contribution in [0.5, 0.6) is 0 Å². The lowest BCUT2D eigenvalue weighted by molar-refractivity contribution is -0.121. The van der Waals surface area contributed by atoms with Gasteiger partial charge in [-0.2, -0.15) is 15.0 Å². The Hall–Kier alpha value is -2.47. The van der Waals surface area contributed by atoms with Crippen molar-refractivity contribution >= 4 is 17.2 Å². The molecule has 3 rings (SSSR count). The van der Waals surface area contributed by atoms with Gasteiger partial charge in [-0.05, 0) is 17.0 Å². The third kappa shape index (κ3) is 3.79. The molecule has 6 heteroatoms. The van der Waals surface area contributed by atoms with E-state index in [1.54, 1.807) is 28.5 Å². The lowest BCUT2D eigenvalue weighted by Gasteiger charge is -2.18. The van der Waals surface area contributed by atoms with E-state index in [-0.39, 0.29) is 11.9 Å². The molecule has 0 aliphatic carbocycles. The van der Waals surface area contributed by atoms with Crippen molar-refractivity contribution < 1.29 is 4.79 Å². The first-order valence-electron chi connectivity index (χ1n) is 7.02. The number of nitrogens with zero attached hydrogens (tertiary/aromatic N) is 3. The van der Waals surface area contributed by atoms with Gasteiger partial charge in [0.1, 0.15) is 0 Å². The Kier molecular flexibility index (Phi) is 4.60. The summed E-state index contributed by atoms with van der Waals surface area (Å²) in [6, 6.07) is 13.7. The molecule has 1 N–H and O–H groups in total. The lowest BCUT2D eigenvalue weighted by atomic mass is 10.1. The van der Waals surface area contributed by atoms with Gasteiger partial charge in [0.05, 0.1) is 31.4 Å². The van der Waals surface area contributed by atoms with Crippen LogP contribution in [0.3, 0.4) is 0 Å². The van der Waals surface area contributed by atoms with E-state index < -0.39 is 0 Å². The predicted molar refractivity (Wildman–Crippen MR) is 85.4 cm³/mol. The molecule has 0 fully saturated rings. The summed E-state index contributed by atoms with van der Waals surface area (Å²) < 4.78 is 0. The van der Waals surface area contributed by atoms with Crippen molar-refractivity contribution in [3.63, 3.8) is 0 Å². The Morgan fingerprint density at radius 3 is 2.59 bits per heavy atom. The minimum atomic E-state index is -0.152. The number of amides is 1. The van der Waals surface area contributed by atoms with Crippen LogP contribution in [0, 0.1) is 0 Å². The molecule has 5 nitrogen and oxygen atoms in total. The summed E-state index contributed by atoms with van der Waals surface area (Å²) in [5.74, 6) is 0.00320. The van der Waals surface area contributed by atoms with E-state index in [0.29, 0.717) is 13.0 Å². The minimum Gasteiger partial charge on any atom is -0.347 e. The summed E-state index contributed by atoms with van der Waals surface area (Å²) >= 11 is 1.59. The molecule has 1 atom stereocenters. The summed E-state index contributed by atoms with van der Waals surface area (Å²) in [4.78, 5) is 14.9. The van der Waals surface area contributed by atoms with Crippen molar-refractivity contribution in [3.05, 3.63) is 70.7 Å². The van der Waals surface area contributed by atoms with Gasteiger partial charge >= 0.3 is 0 Å². The first-order chi connectivity index (χ1) is 10.8. The van der Waals surface area contributed by atoms with E-state index in [4.69, 9.17) is 0 Å². The zero-order valence-electron chi connectivity index (χ0n) is 11.9. The monoisotopic (exact) mass is 312 g/mol. The molecular formula is C16H16N4OS. The largest absolute Gasteiger partial charge is 0.347 e. The summed E-state index contributed by atoms with van der Waals surface area (Å²) in [6.45, 7) is 0.507. The lowest BCUT2D eigenvalue weighted by Crippen LogP contribution is -2.32. The first kappa shape index (κ1) is 14.5. The van der Waals surface area contributed by atoms with Crippen LogP contribution in [0.25, 0.3) is 0 Å². The van der Waals surface area contributed by atoms with Gasteiger partial charge in [0.15, 0.2) is 0 Å². The van der Waals surface area contributed by atoms with Crippen LogP contribution in [0.4, 0.5) is 0 Å². The second kappa shape index (κ2) is 7.00. The number of thiophene rings is 1. The van der Waals surface area contributed by atoms with E-state index in [2.05, 4.69) is 15.5 Å². The highest BCUT2D eigenvalue weighted by molar-refractivity contribution is 7.10. The van der Waals surface area contributed by atoms with E-state index in [1.807, 2.05) is 47.8 Å². The number of carbonyl (C=O) groups excluding carboxylic acids is 1. The molecule has 1 aromatic carbocycles. The maximum Gasteiger partial charge on any atom is 0.225 e. The highest BCUT2D eigenvalue weighted by Gasteiger charge is 2.16. The molecule has 0 bridgehead atoms. The topological polar surface area (TPSA) is 59.8 Å². The number of rotatable bonds is 6. The van der Waals surface area contributed by atoms with Crippen LogP contribution in [0.1, 0.15) is 16.5 Å². The average Bonchev–Trinajstić information content (AvgIpc) is 3.21. The molecule has 0 spiro atoms. The second-order valence-electron chi connectivity index (χ2n) is 4.87. The zero-order chi connectivity index (χ0) is 15.2. The van der Waals surface area contributed by atoms with E-state index >= 15 is 0 Å². The number of benzene rings is 1. The molecule has 1 amide bonds. The smallest absolute Gasteiger partial charge is 0.225 e. The van der Waals surface area contributed by atoms with Crippen LogP contribution in [0.2, 0.25) is 0 Å². The normalized spacial score (nSPS) is 12.0. The maximum absolute atomic E-state index is 12.3. The molecule has 1 unspecified atom stereocenters. The molecule has 3 aromatic rings. The molecule has 0 saturated heterocycles. The second-order valence-corrected chi connectivity index (χ2v) is 5.90. The Morgan fingerprint density at radius 2 is 1.91 bits per heavy atom. The minimum absolute atomic E-state index is 0.00320. The molecule has 2 heterocycles. The summed E-state index contributed by atoms with van der Waals surface area (Å²) in [7, 11) is 0. The molecular weight excluding hydrogens is 296 g/mol. The third-order valence-electron chi connectivity index (χ3n) is 3.26. The van der Waals surface area contributed by atoms with Gasteiger partial charge in [0.25, 0.3) is 0 Å². The number of aromatic nitrogens is 3. The molecule has 112 valence electrons. The molecule has 0 radical (unpaired) electrons. The van der Waals surface area contributed by atoms with Crippen LogP contribution < -0.4 is 5.32 Å². The number of hydrogen-bond donors (Lipinski definition) is 1. The molecule has 0 aliphatic heterocycles. The van der Waals surface area contributed by atoms with Crippen molar-refractivity contribution in [3.8, 4) is 0 Å². The van der Waals surface area contributed by atoms with Gasteiger partial charge in [-0.3, -0.25) is 4.79 Å². The highest BCUT2D eigenvalue weighted by Crippen LogP contribution is 2.15. The van der Waals surface area contributed by atoms with Gasteiger partial charge in [-0.25, -0.2) is 0 Å². The van der Waals surface area contributed by atoms with Gasteiger partial charge in [0, 0.05) is 4.88 Å².